The zero-order valence-corrected chi connectivity index (χ0v) is 16.3. The summed E-state index contributed by atoms with van der Waals surface area (Å²) in [5.74, 6) is 0.710. The summed E-state index contributed by atoms with van der Waals surface area (Å²) >= 11 is 1.07. The minimum Gasteiger partial charge on any atom is -0.494 e. The van der Waals surface area contributed by atoms with Gasteiger partial charge in [0, 0.05) is 10.9 Å². The second-order valence-electron chi connectivity index (χ2n) is 6.03. The molecule has 7 nitrogen and oxygen atoms in total. The van der Waals surface area contributed by atoms with Gasteiger partial charge in [0.2, 0.25) is 5.89 Å². The van der Waals surface area contributed by atoms with Gasteiger partial charge in [-0.25, -0.2) is 4.79 Å². The fourth-order valence-corrected chi connectivity index (χ4v) is 3.35. The largest absolute Gasteiger partial charge is 0.494 e. The quantitative estimate of drug-likeness (QED) is 0.255. The molecule has 0 N–H and O–H groups in total. The SMILES string of the molecule is CCOc1ccc(-c2nnc(SCC(=O)c3cc4ccccc4oc3=O)o2)cc1. The van der Waals surface area contributed by atoms with Crippen molar-refractivity contribution in [2.24, 2.45) is 0 Å². The minimum atomic E-state index is -0.657. The van der Waals surface area contributed by atoms with Crippen LogP contribution in [0.5, 0.6) is 5.75 Å². The van der Waals surface area contributed by atoms with Crippen molar-refractivity contribution in [3.8, 4) is 17.2 Å². The van der Waals surface area contributed by atoms with Gasteiger partial charge in [-0.2, -0.15) is 0 Å². The van der Waals surface area contributed by atoms with E-state index in [0.29, 0.717) is 23.5 Å². The first-order valence-corrected chi connectivity index (χ1v) is 9.88. The van der Waals surface area contributed by atoms with Gasteiger partial charge in [-0.05, 0) is 43.3 Å². The van der Waals surface area contributed by atoms with Crippen LogP contribution in [-0.4, -0.2) is 28.3 Å². The molecule has 4 aromatic rings. The lowest BCUT2D eigenvalue weighted by molar-refractivity contribution is 0.101. The van der Waals surface area contributed by atoms with E-state index in [2.05, 4.69) is 10.2 Å². The van der Waals surface area contributed by atoms with E-state index in [1.54, 1.807) is 24.3 Å². The Morgan fingerprint density at radius 2 is 1.86 bits per heavy atom. The highest BCUT2D eigenvalue weighted by Crippen LogP contribution is 2.25. The number of hydrogen-bond acceptors (Lipinski definition) is 8. The van der Waals surface area contributed by atoms with Crippen molar-refractivity contribution in [1.29, 1.82) is 0 Å². The molecule has 0 radical (unpaired) electrons. The maximum atomic E-state index is 12.5. The standard InChI is InChI=1S/C21H16N2O5S/c1-2-26-15-9-7-13(8-10-15)19-22-23-21(28-19)29-12-17(24)16-11-14-5-3-4-6-18(14)27-20(16)25/h3-11H,2,12H2,1H3. The molecule has 2 heterocycles. The summed E-state index contributed by atoms with van der Waals surface area (Å²) < 4.78 is 16.2. The van der Waals surface area contributed by atoms with Crippen LogP contribution in [0.15, 0.2) is 73.4 Å². The summed E-state index contributed by atoms with van der Waals surface area (Å²) in [6.07, 6.45) is 0. The fourth-order valence-electron chi connectivity index (χ4n) is 2.71. The minimum absolute atomic E-state index is 0.00227. The van der Waals surface area contributed by atoms with Crippen LogP contribution in [0.2, 0.25) is 0 Å². The third-order valence-electron chi connectivity index (χ3n) is 4.09. The van der Waals surface area contributed by atoms with Crippen molar-refractivity contribution in [3.63, 3.8) is 0 Å². The number of hydrogen-bond donors (Lipinski definition) is 0. The number of carbonyl (C=O) groups is 1. The summed E-state index contributed by atoms with van der Waals surface area (Å²) in [6.45, 7) is 2.50. The molecule has 0 aliphatic rings. The molecule has 0 unspecified atom stereocenters. The molecule has 0 amide bonds. The summed E-state index contributed by atoms with van der Waals surface area (Å²) in [6, 6.07) is 15.9. The molecule has 0 saturated carbocycles. The first-order valence-electron chi connectivity index (χ1n) is 8.89. The van der Waals surface area contributed by atoms with E-state index >= 15 is 0 Å². The van der Waals surface area contributed by atoms with Gasteiger partial charge in [0.25, 0.3) is 5.22 Å². The van der Waals surface area contributed by atoms with Gasteiger partial charge in [0.05, 0.1) is 12.4 Å². The number of rotatable bonds is 7. The van der Waals surface area contributed by atoms with Gasteiger partial charge in [0.1, 0.15) is 16.9 Å². The molecule has 0 fully saturated rings. The molecule has 0 spiro atoms. The monoisotopic (exact) mass is 408 g/mol. The molecule has 8 heteroatoms. The summed E-state index contributed by atoms with van der Waals surface area (Å²) in [7, 11) is 0. The van der Waals surface area contributed by atoms with Crippen LogP contribution in [0, 0.1) is 0 Å². The number of nitrogens with zero attached hydrogens (tertiary/aromatic N) is 2. The van der Waals surface area contributed by atoms with Gasteiger partial charge in [-0.3, -0.25) is 4.79 Å². The third kappa shape index (κ3) is 4.22. The Morgan fingerprint density at radius 3 is 2.66 bits per heavy atom. The number of ketones is 1. The van der Waals surface area contributed by atoms with Gasteiger partial charge >= 0.3 is 5.63 Å². The number of carbonyl (C=O) groups excluding carboxylic acids is 1. The molecule has 0 aliphatic carbocycles. The van der Waals surface area contributed by atoms with Crippen molar-refractivity contribution in [2.45, 2.75) is 12.1 Å². The lowest BCUT2D eigenvalue weighted by atomic mass is 10.1. The molecule has 0 saturated heterocycles. The molecule has 29 heavy (non-hydrogen) atoms. The number of para-hydroxylation sites is 1. The highest BCUT2D eigenvalue weighted by atomic mass is 32.2. The van der Waals surface area contributed by atoms with Gasteiger partial charge in [-0.15, -0.1) is 10.2 Å². The molecule has 2 aromatic carbocycles. The Balaban J connectivity index is 1.45. The molecular formula is C21H16N2O5S. The molecule has 0 bridgehead atoms. The summed E-state index contributed by atoms with van der Waals surface area (Å²) in [5.41, 5.74) is 0.533. The van der Waals surface area contributed by atoms with E-state index in [-0.39, 0.29) is 22.3 Å². The van der Waals surface area contributed by atoms with E-state index in [1.165, 1.54) is 0 Å². The van der Waals surface area contributed by atoms with Gasteiger partial charge in [-0.1, -0.05) is 30.0 Å². The van der Waals surface area contributed by atoms with Crippen molar-refractivity contribution >= 4 is 28.5 Å². The van der Waals surface area contributed by atoms with Crippen molar-refractivity contribution in [2.75, 3.05) is 12.4 Å². The summed E-state index contributed by atoms with van der Waals surface area (Å²) in [4.78, 5) is 24.6. The first-order chi connectivity index (χ1) is 14.1. The van der Waals surface area contributed by atoms with E-state index < -0.39 is 5.63 Å². The molecule has 4 rings (SSSR count). The normalized spacial score (nSPS) is 10.9. The van der Waals surface area contributed by atoms with Crippen LogP contribution in [0.4, 0.5) is 0 Å². The van der Waals surface area contributed by atoms with Crippen LogP contribution < -0.4 is 10.4 Å². The Labute approximate surface area is 169 Å². The first kappa shape index (κ1) is 18.9. The van der Waals surface area contributed by atoms with Crippen molar-refractivity contribution < 1.29 is 18.4 Å². The summed E-state index contributed by atoms with van der Waals surface area (Å²) in [5, 5.41) is 8.89. The average Bonchev–Trinajstić information content (AvgIpc) is 3.21. The van der Waals surface area contributed by atoms with Crippen LogP contribution in [-0.2, 0) is 0 Å². The van der Waals surface area contributed by atoms with E-state index in [9.17, 15) is 9.59 Å². The Morgan fingerprint density at radius 1 is 1.07 bits per heavy atom. The van der Waals surface area contributed by atoms with Crippen LogP contribution in [0.1, 0.15) is 17.3 Å². The number of aromatic nitrogens is 2. The van der Waals surface area contributed by atoms with Crippen LogP contribution >= 0.6 is 11.8 Å². The second kappa shape index (κ2) is 8.32. The van der Waals surface area contributed by atoms with Gasteiger partial charge in [0.15, 0.2) is 5.78 Å². The van der Waals surface area contributed by atoms with Gasteiger partial charge < -0.3 is 13.6 Å². The molecule has 146 valence electrons. The van der Waals surface area contributed by atoms with Crippen molar-refractivity contribution in [1.82, 2.24) is 10.2 Å². The van der Waals surface area contributed by atoms with E-state index in [4.69, 9.17) is 13.6 Å². The maximum Gasteiger partial charge on any atom is 0.347 e. The predicted molar refractivity (Wildman–Crippen MR) is 108 cm³/mol. The molecular weight excluding hydrogens is 392 g/mol. The van der Waals surface area contributed by atoms with Crippen LogP contribution in [0.25, 0.3) is 22.4 Å². The van der Waals surface area contributed by atoms with E-state index in [0.717, 1.165) is 23.1 Å². The maximum absolute atomic E-state index is 12.5. The second-order valence-corrected chi connectivity index (χ2v) is 6.95. The number of benzene rings is 2. The average molecular weight is 408 g/mol. The Kier molecular flexibility index (Phi) is 5.44. The third-order valence-corrected chi connectivity index (χ3v) is 4.91. The number of fused-ring (bicyclic) bond motifs is 1. The number of ether oxygens (including phenoxy) is 1. The lowest BCUT2D eigenvalue weighted by Gasteiger charge is -2.02. The number of Topliss-reactive ketones (excluding diaryl/α,β-unsaturated/α-hetero) is 1. The zero-order valence-electron chi connectivity index (χ0n) is 15.5. The number of thioether (sulfide) groups is 1. The van der Waals surface area contributed by atoms with Crippen LogP contribution in [0.3, 0.4) is 0 Å². The molecule has 0 aliphatic heterocycles. The highest BCUT2D eigenvalue weighted by Gasteiger charge is 2.16. The van der Waals surface area contributed by atoms with Crippen molar-refractivity contribution in [3.05, 3.63) is 70.6 Å². The lowest BCUT2D eigenvalue weighted by Crippen LogP contribution is -2.15. The highest BCUT2D eigenvalue weighted by molar-refractivity contribution is 7.99. The topological polar surface area (TPSA) is 95.4 Å². The molecule has 0 atom stereocenters. The smallest absolute Gasteiger partial charge is 0.347 e. The fraction of sp³-hybridized carbons (Fsp3) is 0.143. The van der Waals surface area contributed by atoms with E-state index in [1.807, 2.05) is 37.3 Å². The Bertz CT molecular complexity index is 1210. The predicted octanol–water partition coefficient (Wildman–Crippen LogP) is 4.22. The Hall–Kier alpha value is -3.39. The molecule has 2 aromatic heterocycles. The zero-order chi connectivity index (χ0) is 20.2.